The maximum absolute atomic E-state index is 6.30. The van der Waals surface area contributed by atoms with Gasteiger partial charge in [-0.15, -0.1) is 0 Å². The Kier molecular flexibility index (Phi) is 5.22. The van der Waals surface area contributed by atoms with Crippen LogP contribution in [0.5, 0.6) is 5.75 Å². The topological polar surface area (TPSA) is 59.9 Å². The molecule has 0 fully saturated rings. The summed E-state index contributed by atoms with van der Waals surface area (Å²) in [7, 11) is 1.56. The van der Waals surface area contributed by atoms with Crippen molar-refractivity contribution in [3.05, 3.63) is 69.9 Å². The van der Waals surface area contributed by atoms with Crippen molar-refractivity contribution in [2.45, 2.75) is 0 Å². The van der Waals surface area contributed by atoms with E-state index in [0.29, 0.717) is 38.0 Å². The molecule has 140 valence electrons. The van der Waals surface area contributed by atoms with Gasteiger partial charge in [0.25, 0.3) is 0 Å². The summed E-state index contributed by atoms with van der Waals surface area (Å²) in [5, 5.41) is 5.42. The van der Waals surface area contributed by atoms with Crippen LogP contribution in [0.2, 0.25) is 15.1 Å². The van der Waals surface area contributed by atoms with Crippen molar-refractivity contribution in [2.24, 2.45) is 0 Å². The lowest BCUT2D eigenvalue weighted by molar-refractivity contribution is 0.415. The molecule has 0 atom stereocenters. The summed E-state index contributed by atoms with van der Waals surface area (Å²) in [6, 6.07) is 12.5. The van der Waals surface area contributed by atoms with E-state index in [4.69, 9.17) is 39.5 Å². The molecule has 0 unspecified atom stereocenters. The van der Waals surface area contributed by atoms with Gasteiger partial charge in [-0.3, -0.25) is 4.98 Å². The number of rotatable bonds is 4. The van der Waals surface area contributed by atoms with E-state index in [1.807, 2.05) is 18.2 Å². The molecule has 0 spiro atoms. The van der Waals surface area contributed by atoms with Crippen LogP contribution in [0.1, 0.15) is 0 Å². The Morgan fingerprint density at radius 3 is 2.50 bits per heavy atom. The molecular formula is C20H13Cl3N4O. The highest BCUT2D eigenvalue weighted by Gasteiger charge is 2.14. The first-order valence-corrected chi connectivity index (χ1v) is 9.36. The molecule has 8 heteroatoms. The second-order valence-corrected chi connectivity index (χ2v) is 7.12. The van der Waals surface area contributed by atoms with Crippen molar-refractivity contribution in [2.75, 3.05) is 12.4 Å². The van der Waals surface area contributed by atoms with Crippen molar-refractivity contribution in [1.29, 1.82) is 0 Å². The van der Waals surface area contributed by atoms with Crippen LogP contribution in [-0.4, -0.2) is 22.1 Å². The van der Waals surface area contributed by atoms with Crippen molar-refractivity contribution < 1.29 is 4.74 Å². The summed E-state index contributed by atoms with van der Waals surface area (Å²) < 4.78 is 5.34. The number of benzene rings is 2. The van der Waals surface area contributed by atoms with E-state index in [1.165, 1.54) is 0 Å². The number of pyridine rings is 1. The van der Waals surface area contributed by atoms with Crippen molar-refractivity contribution in [3.8, 4) is 17.1 Å². The molecule has 0 saturated heterocycles. The molecule has 2 aromatic carbocycles. The number of nitrogens with one attached hydrogen (secondary N) is 1. The third-order valence-electron chi connectivity index (χ3n) is 4.07. The second kappa shape index (κ2) is 7.80. The van der Waals surface area contributed by atoms with Crippen LogP contribution in [0, 0.1) is 0 Å². The van der Waals surface area contributed by atoms with Gasteiger partial charge in [0.1, 0.15) is 11.6 Å². The first kappa shape index (κ1) is 18.7. The Labute approximate surface area is 176 Å². The molecule has 0 aliphatic rings. The van der Waals surface area contributed by atoms with Gasteiger partial charge in [-0.1, -0.05) is 34.8 Å². The average molecular weight is 432 g/mol. The molecule has 0 aliphatic heterocycles. The number of nitrogens with zero attached hydrogens (tertiary/aromatic N) is 3. The maximum Gasteiger partial charge on any atom is 0.163 e. The van der Waals surface area contributed by atoms with E-state index in [-0.39, 0.29) is 0 Å². The van der Waals surface area contributed by atoms with E-state index in [9.17, 15) is 0 Å². The molecule has 0 aliphatic carbocycles. The molecule has 0 bridgehead atoms. The Balaban J connectivity index is 1.91. The van der Waals surface area contributed by atoms with Gasteiger partial charge in [0.15, 0.2) is 5.82 Å². The minimum atomic E-state index is 0.443. The zero-order chi connectivity index (χ0) is 19.7. The highest BCUT2D eigenvalue weighted by atomic mass is 35.5. The monoisotopic (exact) mass is 430 g/mol. The van der Waals surface area contributed by atoms with Crippen LogP contribution in [-0.2, 0) is 0 Å². The van der Waals surface area contributed by atoms with Crippen molar-refractivity contribution in [3.63, 3.8) is 0 Å². The van der Waals surface area contributed by atoms with Gasteiger partial charge in [-0.25, -0.2) is 9.97 Å². The third-order valence-corrected chi connectivity index (χ3v) is 5.11. The molecule has 2 aromatic heterocycles. The highest BCUT2D eigenvalue weighted by Crippen LogP contribution is 2.35. The lowest BCUT2D eigenvalue weighted by Crippen LogP contribution is -2.00. The number of halogens is 3. The predicted molar refractivity (Wildman–Crippen MR) is 114 cm³/mol. The SMILES string of the molecule is COc1cc2c(Nc3ccc(Cl)c(Cl)c3)nc(-c3cccnc3)nc2cc1Cl. The zero-order valence-corrected chi connectivity index (χ0v) is 16.8. The summed E-state index contributed by atoms with van der Waals surface area (Å²) >= 11 is 18.5. The lowest BCUT2D eigenvalue weighted by atomic mass is 10.2. The number of aromatic nitrogens is 3. The van der Waals surface area contributed by atoms with Crippen LogP contribution in [0.15, 0.2) is 54.9 Å². The molecule has 28 heavy (non-hydrogen) atoms. The van der Waals surface area contributed by atoms with E-state index in [0.717, 1.165) is 16.6 Å². The molecule has 4 rings (SSSR count). The number of hydrogen-bond acceptors (Lipinski definition) is 5. The lowest BCUT2D eigenvalue weighted by Gasteiger charge is -2.13. The van der Waals surface area contributed by atoms with Crippen LogP contribution >= 0.6 is 34.8 Å². The molecule has 5 nitrogen and oxygen atoms in total. The van der Waals surface area contributed by atoms with Gasteiger partial charge in [0.2, 0.25) is 0 Å². The fraction of sp³-hybridized carbons (Fsp3) is 0.0500. The van der Waals surface area contributed by atoms with Crippen molar-refractivity contribution in [1.82, 2.24) is 15.0 Å². The van der Waals surface area contributed by atoms with Gasteiger partial charge >= 0.3 is 0 Å². The van der Waals surface area contributed by atoms with Gasteiger partial charge < -0.3 is 10.1 Å². The normalized spacial score (nSPS) is 10.9. The Hall–Kier alpha value is -2.60. The summed E-state index contributed by atoms with van der Waals surface area (Å²) in [6.45, 7) is 0. The third kappa shape index (κ3) is 3.69. The van der Waals surface area contributed by atoms with Crippen LogP contribution < -0.4 is 10.1 Å². The van der Waals surface area contributed by atoms with Gasteiger partial charge in [0.05, 0.1) is 27.7 Å². The molecule has 2 heterocycles. The smallest absolute Gasteiger partial charge is 0.163 e. The molecule has 1 N–H and O–H groups in total. The van der Waals surface area contributed by atoms with E-state index < -0.39 is 0 Å². The zero-order valence-electron chi connectivity index (χ0n) is 14.6. The van der Waals surface area contributed by atoms with Crippen LogP contribution in [0.3, 0.4) is 0 Å². The predicted octanol–water partition coefficient (Wildman–Crippen LogP) is 6.40. The molecule has 4 aromatic rings. The summed E-state index contributed by atoms with van der Waals surface area (Å²) in [6.07, 6.45) is 3.40. The van der Waals surface area contributed by atoms with Crippen LogP contribution in [0.4, 0.5) is 11.5 Å². The maximum atomic E-state index is 6.30. The fourth-order valence-corrected chi connectivity index (χ4v) is 3.25. The highest BCUT2D eigenvalue weighted by molar-refractivity contribution is 6.42. The second-order valence-electron chi connectivity index (χ2n) is 5.90. The average Bonchev–Trinajstić information content (AvgIpc) is 2.70. The van der Waals surface area contributed by atoms with Gasteiger partial charge in [-0.05, 0) is 42.5 Å². The Morgan fingerprint density at radius 2 is 1.79 bits per heavy atom. The molecule has 0 amide bonds. The summed E-state index contributed by atoms with van der Waals surface area (Å²) in [4.78, 5) is 13.5. The minimum absolute atomic E-state index is 0.443. The Morgan fingerprint density at radius 1 is 0.929 bits per heavy atom. The van der Waals surface area contributed by atoms with Gasteiger partial charge in [0, 0.05) is 29.0 Å². The standard InChI is InChI=1S/C20H13Cl3N4O/c1-28-18-8-13-17(9-16(18)23)26-19(11-3-2-6-24-10-11)27-20(13)25-12-4-5-14(21)15(22)7-12/h2-10H,1H3,(H,25,26,27). The number of fused-ring (bicyclic) bond motifs is 1. The number of hydrogen-bond donors (Lipinski definition) is 1. The summed E-state index contributed by atoms with van der Waals surface area (Å²) in [5.41, 5.74) is 2.19. The van der Waals surface area contributed by atoms with Crippen molar-refractivity contribution >= 4 is 57.2 Å². The fourth-order valence-electron chi connectivity index (χ4n) is 2.72. The molecule has 0 saturated carbocycles. The van der Waals surface area contributed by atoms with Crippen LogP contribution in [0.25, 0.3) is 22.3 Å². The largest absolute Gasteiger partial charge is 0.495 e. The van der Waals surface area contributed by atoms with E-state index in [1.54, 1.807) is 43.8 Å². The molecule has 0 radical (unpaired) electrons. The number of anilines is 2. The first-order valence-electron chi connectivity index (χ1n) is 8.23. The number of ether oxygens (including phenoxy) is 1. The van der Waals surface area contributed by atoms with E-state index in [2.05, 4.69) is 20.3 Å². The quantitative estimate of drug-likeness (QED) is 0.405. The minimum Gasteiger partial charge on any atom is -0.495 e. The van der Waals surface area contributed by atoms with Gasteiger partial charge in [-0.2, -0.15) is 0 Å². The number of methoxy groups -OCH3 is 1. The molecular weight excluding hydrogens is 419 g/mol. The van der Waals surface area contributed by atoms with E-state index >= 15 is 0 Å². The Bertz CT molecular complexity index is 1170. The summed E-state index contributed by atoms with van der Waals surface area (Å²) in [5.74, 6) is 1.63. The first-order chi connectivity index (χ1) is 13.5.